The highest BCUT2D eigenvalue weighted by Gasteiger charge is 2.56. The Labute approximate surface area is 135 Å². The zero-order valence-electron chi connectivity index (χ0n) is 13.2. The molecule has 2 saturated heterocycles. The Kier molecular flexibility index (Phi) is 2.90. The number of hydrogen-bond donors (Lipinski definition) is 0. The van der Waals surface area contributed by atoms with Gasteiger partial charge < -0.3 is 19.1 Å². The predicted octanol–water partition coefficient (Wildman–Crippen LogP) is 2.06. The minimum atomic E-state index is -0.929. The topological polar surface area (TPSA) is 48.0 Å². The molecule has 4 aliphatic heterocycles. The standard InChI is InChI=1S/C18H21NO4/c20-16-10-14-5-1-2-6-17(14)15-11-18(21-8-9-22-18)23-12-13(15)4-3-7-19(16)17/h1-2,5H,3-4,6-12H2/t17-/m0/s1. The summed E-state index contributed by atoms with van der Waals surface area (Å²) in [5.41, 5.74) is 3.59. The molecule has 5 heteroatoms. The van der Waals surface area contributed by atoms with Crippen molar-refractivity contribution in [2.24, 2.45) is 0 Å². The molecule has 0 aromatic rings. The van der Waals surface area contributed by atoms with Gasteiger partial charge in [0.2, 0.25) is 5.91 Å². The quantitative estimate of drug-likeness (QED) is 0.642. The Hall–Kier alpha value is -1.43. The van der Waals surface area contributed by atoms with Crippen molar-refractivity contribution in [3.8, 4) is 0 Å². The van der Waals surface area contributed by atoms with Gasteiger partial charge in [0.1, 0.15) is 0 Å². The molecule has 1 atom stereocenters. The van der Waals surface area contributed by atoms with Crippen molar-refractivity contribution in [2.75, 3.05) is 26.4 Å². The summed E-state index contributed by atoms with van der Waals surface area (Å²) in [6, 6.07) is 0. The maximum atomic E-state index is 12.7. The van der Waals surface area contributed by atoms with Crippen LogP contribution in [0.5, 0.6) is 0 Å². The first-order chi connectivity index (χ1) is 11.2. The predicted molar refractivity (Wildman–Crippen MR) is 82.4 cm³/mol. The highest BCUT2D eigenvalue weighted by atomic mass is 16.9. The number of amides is 1. The number of carbonyl (C=O) groups excluding carboxylic acids is 1. The Morgan fingerprint density at radius 1 is 1.17 bits per heavy atom. The van der Waals surface area contributed by atoms with Gasteiger partial charge in [-0.1, -0.05) is 18.2 Å². The molecule has 0 bridgehead atoms. The first-order valence-corrected chi connectivity index (χ1v) is 8.53. The molecular weight excluding hydrogens is 294 g/mol. The Bertz CT molecular complexity index is 656. The Morgan fingerprint density at radius 2 is 2.04 bits per heavy atom. The third-order valence-electron chi connectivity index (χ3n) is 5.85. The zero-order chi connectivity index (χ0) is 15.5. The molecule has 5 aliphatic rings. The van der Waals surface area contributed by atoms with E-state index < -0.39 is 5.97 Å². The monoisotopic (exact) mass is 315 g/mol. The second-order valence-corrected chi connectivity index (χ2v) is 6.94. The second kappa shape index (κ2) is 4.79. The molecule has 23 heavy (non-hydrogen) atoms. The molecule has 4 heterocycles. The molecule has 0 radical (unpaired) electrons. The first kappa shape index (κ1) is 14.0. The summed E-state index contributed by atoms with van der Waals surface area (Å²) < 4.78 is 17.6. The third-order valence-corrected chi connectivity index (χ3v) is 5.85. The number of allylic oxidation sites excluding steroid dienone is 2. The summed E-state index contributed by atoms with van der Waals surface area (Å²) in [6.07, 6.45) is 10.4. The fourth-order valence-electron chi connectivity index (χ4n) is 4.86. The van der Waals surface area contributed by atoms with Crippen molar-refractivity contribution in [1.29, 1.82) is 0 Å². The molecule has 0 aromatic carbocycles. The van der Waals surface area contributed by atoms with Crippen molar-refractivity contribution in [1.82, 2.24) is 4.90 Å². The lowest BCUT2D eigenvalue weighted by atomic mass is 9.73. The molecule has 0 saturated carbocycles. The van der Waals surface area contributed by atoms with Crippen LogP contribution in [0.2, 0.25) is 0 Å². The summed E-state index contributed by atoms with van der Waals surface area (Å²) in [4.78, 5) is 14.8. The van der Waals surface area contributed by atoms with Crippen molar-refractivity contribution in [2.45, 2.75) is 43.6 Å². The average Bonchev–Trinajstić information content (AvgIpc) is 3.08. The van der Waals surface area contributed by atoms with Gasteiger partial charge in [-0.2, -0.15) is 0 Å². The summed E-state index contributed by atoms with van der Waals surface area (Å²) in [5.74, 6) is -0.677. The minimum Gasteiger partial charge on any atom is -0.329 e. The fraction of sp³-hybridized carbons (Fsp3) is 0.611. The highest BCUT2D eigenvalue weighted by molar-refractivity contribution is 5.87. The van der Waals surface area contributed by atoms with E-state index in [1.54, 1.807) is 0 Å². The van der Waals surface area contributed by atoms with E-state index >= 15 is 0 Å². The van der Waals surface area contributed by atoms with Crippen molar-refractivity contribution >= 4 is 5.91 Å². The van der Waals surface area contributed by atoms with Crippen LogP contribution in [0.4, 0.5) is 0 Å². The van der Waals surface area contributed by atoms with Gasteiger partial charge in [0.15, 0.2) is 0 Å². The van der Waals surface area contributed by atoms with E-state index in [0.29, 0.717) is 32.7 Å². The van der Waals surface area contributed by atoms with Gasteiger partial charge in [-0.25, -0.2) is 0 Å². The summed E-state index contributed by atoms with van der Waals surface area (Å²) in [6.45, 7) is 2.52. The third kappa shape index (κ3) is 1.81. The van der Waals surface area contributed by atoms with Crippen molar-refractivity contribution in [3.63, 3.8) is 0 Å². The van der Waals surface area contributed by atoms with Crippen molar-refractivity contribution < 1.29 is 19.0 Å². The number of rotatable bonds is 0. The summed E-state index contributed by atoms with van der Waals surface area (Å²) in [7, 11) is 0. The van der Waals surface area contributed by atoms with E-state index in [9.17, 15) is 4.79 Å². The number of carbonyl (C=O) groups is 1. The normalized spacial score (nSPS) is 35.0. The maximum Gasteiger partial charge on any atom is 0.287 e. The van der Waals surface area contributed by atoms with Crippen LogP contribution >= 0.6 is 0 Å². The highest BCUT2D eigenvalue weighted by Crippen LogP contribution is 2.53. The van der Waals surface area contributed by atoms with Crippen LogP contribution < -0.4 is 0 Å². The van der Waals surface area contributed by atoms with E-state index in [0.717, 1.165) is 25.8 Å². The Balaban J connectivity index is 1.65. The maximum absolute atomic E-state index is 12.7. The number of nitrogens with zero attached hydrogens (tertiary/aromatic N) is 1. The van der Waals surface area contributed by atoms with Gasteiger partial charge in [-0.3, -0.25) is 4.79 Å². The first-order valence-electron chi connectivity index (χ1n) is 8.53. The van der Waals surface area contributed by atoms with Crippen LogP contribution in [-0.2, 0) is 19.0 Å². The van der Waals surface area contributed by atoms with E-state index in [2.05, 4.69) is 23.1 Å². The van der Waals surface area contributed by atoms with Crippen LogP contribution in [-0.4, -0.2) is 48.7 Å². The molecule has 2 fully saturated rings. The van der Waals surface area contributed by atoms with Crippen LogP contribution in [0.3, 0.4) is 0 Å². The van der Waals surface area contributed by atoms with Crippen LogP contribution in [0.25, 0.3) is 0 Å². The smallest absolute Gasteiger partial charge is 0.287 e. The molecule has 0 N–H and O–H groups in total. The number of ether oxygens (including phenoxy) is 3. The molecular formula is C18H21NO4. The molecule has 0 aromatic heterocycles. The summed E-state index contributed by atoms with van der Waals surface area (Å²) in [5, 5.41) is 0. The zero-order valence-corrected chi connectivity index (χ0v) is 13.2. The molecule has 5 rings (SSSR count). The second-order valence-electron chi connectivity index (χ2n) is 6.94. The lowest BCUT2D eigenvalue weighted by molar-refractivity contribution is -0.332. The largest absolute Gasteiger partial charge is 0.329 e. The van der Waals surface area contributed by atoms with E-state index in [1.807, 2.05) is 0 Å². The fourth-order valence-corrected chi connectivity index (χ4v) is 4.86. The molecule has 2 spiro atoms. The lowest BCUT2D eigenvalue weighted by Gasteiger charge is -2.45. The van der Waals surface area contributed by atoms with Gasteiger partial charge in [0.25, 0.3) is 5.97 Å². The van der Waals surface area contributed by atoms with Gasteiger partial charge in [-0.15, -0.1) is 0 Å². The molecule has 0 unspecified atom stereocenters. The van der Waals surface area contributed by atoms with E-state index in [4.69, 9.17) is 14.2 Å². The van der Waals surface area contributed by atoms with Gasteiger partial charge in [0, 0.05) is 6.54 Å². The SMILES string of the molecule is O=C1CC2=CC=CC[C@@]23C2=C(CCCN13)COC1(C2)OCCO1. The van der Waals surface area contributed by atoms with Crippen LogP contribution in [0.15, 0.2) is 34.9 Å². The van der Waals surface area contributed by atoms with Gasteiger partial charge in [0.05, 0.1) is 38.2 Å². The lowest BCUT2D eigenvalue weighted by Crippen LogP contribution is -2.52. The molecule has 1 amide bonds. The molecule has 5 nitrogen and oxygen atoms in total. The number of hydrogen-bond acceptors (Lipinski definition) is 4. The molecule has 1 aliphatic carbocycles. The van der Waals surface area contributed by atoms with E-state index in [-0.39, 0.29) is 11.4 Å². The van der Waals surface area contributed by atoms with Gasteiger partial charge in [-0.05, 0) is 36.0 Å². The van der Waals surface area contributed by atoms with Gasteiger partial charge >= 0.3 is 0 Å². The van der Waals surface area contributed by atoms with Crippen molar-refractivity contribution in [3.05, 3.63) is 34.9 Å². The van der Waals surface area contributed by atoms with Crippen LogP contribution in [0.1, 0.15) is 32.1 Å². The minimum absolute atomic E-state index is 0.252. The summed E-state index contributed by atoms with van der Waals surface area (Å²) >= 11 is 0. The Morgan fingerprint density at radius 3 is 2.91 bits per heavy atom. The van der Waals surface area contributed by atoms with Crippen LogP contribution in [0, 0.1) is 0 Å². The van der Waals surface area contributed by atoms with E-state index in [1.165, 1.54) is 16.7 Å². The molecule has 122 valence electrons. The average molecular weight is 315 g/mol.